The molecule has 0 radical (unpaired) electrons. The van der Waals surface area contributed by atoms with Crippen molar-refractivity contribution in [3.05, 3.63) is 11.6 Å². The van der Waals surface area contributed by atoms with Gasteiger partial charge >= 0.3 is 11.9 Å². The van der Waals surface area contributed by atoms with Crippen LogP contribution in [0.25, 0.3) is 0 Å². The normalized spacial score (nSPS) is 21.9. The summed E-state index contributed by atoms with van der Waals surface area (Å²) in [6.07, 6.45) is 10.5. The van der Waals surface area contributed by atoms with Crippen molar-refractivity contribution in [1.82, 2.24) is 0 Å². The molecular formula is C26H46O7. The quantitative estimate of drug-likeness (QED) is 0.161. The number of aliphatic hydroxyl groups is 2. The molecule has 1 heterocycles. The van der Waals surface area contributed by atoms with Crippen LogP contribution in [-0.2, 0) is 19.1 Å². The second kappa shape index (κ2) is 17.1. The Hall–Kier alpha value is -1.44. The van der Waals surface area contributed by atoms with Gasteiger partial charge in [0.2, 0.25) is 0 Å². The van der Waals surface area contributed by atoms with Crippen molar-refractivity contribution in [2.45, 2.75) is 116 Å². The van der Waals surface area contributed by atoms with Gasteiger partial charge in [0.05, 0.1) is 24.9 Å². The lowest BCUT2D eigenvalue weighted by Crippen LogP contribution is -2.30. The molecule has 33 heavy (non-hydrogen) atoms. The molecule has 7 heteroatoms. The van der Waals surface area contributed by atoms with E-state index in [9.17, 15) is 19.8 Å². The molecule has 0 spiro atoms. The van der Waals surface area contributed by atoms with E-state index in [-0.39, 0.29) is 24.4 Å². The van der Waals surface area contributed by atoms with Crippen molar-refractivity contribution < 1.29 is 34.4 Å². The number of carbonyl (C=O) groups excluding carboxylic acids is 1. The standard InChI is InChI=1S/C26H46O7/c1-19(15-26(31)32-13-9-7-5-4-6-8-10-25(29)30)14-24-12-11-22(18-33-24)17-23(28)16-20(2)21(3)27/h15,20-24,27-28H,4-14,16-18H2,1-3H3,(H,29,30)/b19-15+/t20-,21+,22+,23-,24-/m1/s1. The summed E-state index contributed by atoms with van der Waals surface area (Å²) in [6.45, 7) is 6.67. The van der Waals surface area contributed by atoms with Gasteiger partial charge < -0.3 is 24.8 Å². The number of rotatable bonds is 17. The summed E-state index contributed by atoms with van der Waals surface area (Å²) in [7, 11) is 0. The Morgan fingerprint density at radius 2 is 1.73 bits per heavy atom. The van der Waals surface area contributed by atoms with E-state index < -0.39 is 18.2 Å². The van der Waals surface area contributed by atoms with Crippen LogP contribution in [0.2, 0.25) is 0 Å². The van der Waals surface area contributed by atoms with Gasteiger partial charge in [-0.25, -0.2) is 4.79 Å². The van der Waals surface area contributed by atoms with Crippen LogP contribution in [0.3, 0.4) is 0 Å². The highest BCUT2D eigenvalue weighted by molar-refractivity contribution is 5.82. The fourth-order valence-corrected chi connectivity index (χ4v) is 4.23. The second-order valence-electron chi connectivity index (χ2n) is 9.87. The minimum atomic E-state index is -0.737. The Morgan fingerprint density at radius 3 is 2.33 bits per heavy atom. The minimum absolute atomic E-state index is 0.0836. The van der Waals surface area contributed by atoms with E-state index in [0.717, 1.165) is 56.9 Å². The fraction of sp³-hybridized carbons (Fsp3) is 0.846. The first-order valence-corrected chi connectivity index (χ1v) is 12.7. The average molecular weight is 471 g/mol. The van der Waals surface area contributed by atoms with Crippen LogP contribution >= 0.6 is 0 Å². The molecule has 0 aliphatic carbocycles. The molecule has 1 rings (SSSR count). The van der Waals surface area contributed by atoms with Crippen molar-refractivity contribution >= 4 is 11.9 Å². The zero-order valence-electron chi connectivity index (χ0n) is 20.8. The summed E-state index contributed by atoms with van der Waals surface area (Å²) in [6, 6.07) is 0. The molecule has 3 N–H and O–H groups in total. The Balaban J connectivity index is 2.12. The second-order valence-corrected chi connectivity index (χ2v) is 9.87. The molecule has 1 fully saturated rings. The maximum Gasteiger partial charge on any atom is 0.330 e. The SMILES string of the molecule is C/C(=C\C(=O)OCCCCCCCCC(=O)O)C[C@H]1CC[C@@H](C[C@H](O)C[C@@H](C)[C@H](C)O)CO1. The Labute approximate surface area is 199 Å². The largest absolute Gasteiger partial charge is 0.481 e. The molecule has 0 unspecified atom stereocenters. The molecule has 0 saturated carbocycles. The molecule has 1 aliphatic rings. The summed E-state index contributed by atoms with van der Waals surface area (Å²) in [5.74, 6) is -0.624. The van der Waals surface area contributed by atoms with E-state index in [1.54, 1.807) is 13.0 Å². The van der Waals surface area contributed by atoms with Crippen LogP contribution in [-0.4, -0.2) is 58.8 Å². The lowest BCUT2D eigenvalue weighted by molar-refractivity contribution is -0.138. The van der Waals surface area contributed by atoms with Gasteiger partial charge in [-0.1, -0.05) is 38.2 Å². The number of carbonyl (C=O) groups is 2. The highest BCUT2D eigenvalue weighted by Crippen LogP contribution is 2.27. The average Bonchev–Trinajstić information content (AvgIpc) is 2.73. The van der Waals surface area contributed by atoms with Crippen LogP contribution in [0.1, 0.15) is 97.8 Å². The Morgan fingerprint density at radius 1 is 1.06 bits per heavy atom. The highest BCUT2D eigenvalue weighted by Gasteiger charge is 2.25. The minimum Gasteiger partial charge on any atom is -0.481 e. The zero-order valence-corrected chi connectivity index (χ0v) is 20.8. The van der Waals surface area contributed by atoms with E-state index in [4.69, 9.17) is 14.6 Å². The first-order chi connectivity index (χ1) is 15.7. The first kappa shape index (κ1) is 29.6. The van der Waals surface area contributed by atoms with Gasteiger partial charge in [0, 0.05) is 19.1 Å². The topological polar surface area (TPSA) is 113 Å². The number of hydrogen-bond donors (Lipinski definition) is 3. The molecule has 0 aromatic rings. The number of aliphatic hydroxyl groups excluding tert-OH is 2. The van der Waals surface area contributed by atoms with Gasteiger partial charge in [-0.2, -0.15) is 0 Å². The predicted molar refractivity (Wildman–Crippen MR) is 128 cm³/mol. The fourth-order valence-electron chi connectivity index (χ4n) is 4.23. The number of hydrogen-bond acceptors (Lipinski definition) is 6. The monoisotopic (exact) mass is 470 g/mol. The Bertz CT molecular complexity index is 579. The molecule has 0 amide bonds. The molecule has 0 bridgehead atoms. The molecular weight excluding hydrogens is 424 g/mol. The lowest BCUT2D eigenvalue weighted by Gasteiger charge is -2.31. The van der Waals surface area contributed by atoms with Gasteiger partial charge in [0.15, 0.2) is 0 Å². The molecule has 1 saturated heterocycles. The summed E-state index contributed by atoms with van der Waals surface area (Å²) in [4.78, 5) is 22.4. The number of carboxylic acids is 1. The lowest BCUT2D eigenvalue weighted by atomic mass is 9.88. The van der Waals surface area contributed by atoms with Crippen LogP contribution in [0.4, 0.5) is 0 Å². The van der Waals surface area contributed by atoms with Crippen molar-refractivity contribution in [2.75, 3.05) is 13.2 Å². The van der Waals surface area contributed by atoms with Crippen molar-refractivity contribution in [3.8, 4) is 0 Å². The van der Waals surface area contributed by atoms with Crippen molar-refractivity contribution in [3.63, 3.8) is 0 Å². The molecule has 1 aliphatic heterocycles. The maximum atomic E-state index is 12.0. The zero-order chi connectivity index (χ0) is 24.6. The van der Waals surface area contributed by atoms with Crippen LogP contribution in [0.15, 0.2) is 11.6 Å². The number of carboxylic acid groups (broad SMARTS) is 1. The predicted octanol–water partition coefficient (Wildman–Crippen LogP) is 4.63. The highest BCUT2D eigenvalue weighted by atomic mass is 16.5. The third-order valence-electron chi connectivity index (χ3n) is 6.48. The van der Waals surface area contributed by atoms with E-state index in [0.29, 0.717) is 38.4 Å². The van der Waals surface area contributed by atoms with Gasteiger partial charge in [-0.3, -0.25) is 4.79 Å². The molecule has 7 nitrogen and oxygen atoms in total. The smallest absolute Gasteiger partial charge is 0.330 e. The maximum absolute atomic E-state index is 12.0. The number of esters is 1. The molecule has 0 aromatic heterocycles. The van der Waals surface area contributed by atoms with Crippen molar-refractivity contribution in [2.24, 2.45) is 11.8 Å². The van der Waals surface area contributed by atoms with E-state index in [2.05, 4.69) is 0 Å². The molecule has 192 valence electrons. The van der Waals surface area contributed by atoms with Gasteiger partial charge in [-0.15, -0.1) is 0 Å². The Kier molecular flexibility index (Phi) is 15.3. The first-order valence-electron chi connectivity index (χ1n) is 12.7. The molecule has 5 atom stereocenters. The molecule has 0 aromatic carbocycles. The summed E-state index contributed by atoms with van der Waals surface area (Å²) in [5.41, 5.74) is 0.952. The summed E-state index contributed by atoms with van der Waals surface area (Å²) >= 11 is 0. The third-order valence-corrected chi connectivity index (χ3v) is 6.48. The third kappa shape index (κ3) is 15.2. The van der Waals surface area contributed by atoms with Crippen LogP contribution < -0.4 is 0 Å². The number of aliphatic carboxylic acids is 1. The number of unbranched alkanes of at least 4 members (excludes halogenated alkanes) is 5. The van der Waals surface area contributed by atoms with Crippen molar-refractivity contribution in [1.29, 1.82) is 0 Å². The number of ether oxygens (including phenoxy) is 2. The summed E-state index contributed by atoms with van der Waals surface area (Å²) < 4.78 is 11.3. The van der Waals surface area contributed by atoms with Gasteiger partial charge in [0.1, 0.15) is 0 Å². The van der Waals surface area contributed by atoms with Crippen LogP contribution in [0, 0.1) is 11.8 Å². The van der Waals surface area contributed by atoms with E-state index in [1.165, 1.54) is 0 Å². The van der Waals surface area contributed by atoms with Crippen LogP contribution in [0.5, 0.6) is 0 Å². The summed E-state index contributed by atoms with van der Waals surface area (Å²) in [5, 5.41) is 28.4. The van der Waals surface area contributed by atoms with E-state index >= 15 is 0 Å². The van der Waals surface area contributed by atoms with Gasteiger partial charge in [0.25, 0.3) is 0 Å². The van der Waals surface area contributed by atoms with E-state index in [1.807, 2.05) is 13.8 Å². The van der Waals surface area contributed by atoms with Gasteiger partial charge in [-0.05, 0) is 70.6 Å².